The SMILES string of the molecule is CN(C)CCC(=O)Nc1ccc(-c2c[nH]c3ncc(-c4ccc(N5CCN(C)CC5)cc4)nc23)cc1. The number of hydrogen-bond acceptors (Lipinski definition) is 6. The van der Waals surface area contributed by atoms with Crippen molar-refractivity contribution >= 4 is 28.4 Å². The quantitative estimate of drug-likeness (QED) is 0.415. The second-order valence-corrected chi connectivity index (χ2v) is 9.67. The molecule has 2 aromatic heterocycles. The van der Waals surface area contributed by atoms with Gasteiger partial charge in [-0.1, -0.05) is 24.3 Å². The van der Waals surface area contributed by atoms with E-state index in [-0.39, 0.29) is 5.91 Å². The Balaban J connectivity index is 1.33. The summed E-state index contributed by atoms with van der Waals surface area (Å²) in [5.41, 5.74) is 7.51. The van der Waals surface area contributed by atoms with Crippen molar-refractivity contribution < 1.29 is 4.79 Å². The maximum absolute atomic E-state index is 12.1. The first-order chi connectivity index (χ1) is 17.5. The first-order valence-electron chi connectivity index (χ1n) is 12.4. The van der Waals surface area contributed by atoms with E-state index in [9.17, 15) is 4.79 Å². The summed E-state index contributed by atoms with van der Waals surface area (Å²) in [5, 5.41) is 2.96. The smallest absolute Gasteiger partial charge is 0.225 e. The van der Waals surface area contributed by atoms with Crippen molar-refractivity contribution in [1.29, 1.82) is 0 Å². The van der Waals surface area contributed by atoms with Crippen molar-refractivity contribution in [3.05, 3.63) is 60.9 Å². The molecule has 0 atom stereocenters. The highest BCUT2D eigenvalue weighted by molar-refractivity contribution is 5.93. The number of benzene rings is 2. The van der Waals surface area contributed by atoms with Crippen LogP contribution in [0.4, 0.5) is 11.4 Å². The largest absolute Gasteiger partial charge is 0.369 e. The van der Waals surface area contributed by atoms with Crippen LogP contribution in [0.25, 0.3) is 33.5 Å². The third-order valence-corrected chi connectivity index (χ3v) is 6.68. The number of hydrogen-bond donors (Lipinski definition) is 2. The molecule has 0 unspecified atom stereocenters. The number of H-pyrrole nitrogens is 1. The van der Waals surface area contributed by atoms with Gasteiger partial charge in [-0.05, 0) is 51.0 Å². The van der Waals surface area contributed by atoms with Crippen LogP contribution in [0.5, 0.6) is 0 Å². The number of nitrogens with zero attached hydrogens (tertiary/aromatic N) is 5. The van der Waals surface area contributed by atoms with Crippen LogP contribution in [0.15, 0.2) is 60.9 Å². The third-order valence-electron chi connectivity index (χ3n) is 6.68. The van der Waals surface area contributed by atoms with E-state index in [1.807, 2.05) is 55.7 Å². The number of amides is 1. The molecule has 5 rings (SSSR count). The van der Waals surface area contributed by atoms with Gasteiger partial charge >= 0.3 is 0 Å². The van der Waals surface area contributed by atoms with Gasteiger partial charge in [0.2, 0.25) is 5.91 Å². The predicted octanol–water partition coefficient (Wildman–Crippen LogP) is 3.93. The fourth-order valence-electron chi connectivity index (χ4n) is 4.44. The molecule has 1 aliphatic rings. The Hall–Kier alpha value is -3.75. The normalized spacial score (nSPS) is 14.5. The molecule has 1 amide bonds. The topological polar surface area (TPSA) is 80.4 Å². The lowest BCUT2D eigenvalue weighted by Crippen LogP contribution is -2.44. The number of anilines is 2. The Kier molecular flexibility index (Phi) is 6.97. The fourth-order valence-corrected chi connectivity index (χ4v) is 4.44. The molecular weight excluding hydrogens is 450 g/mol. The highest BCUT2D eigenvalue weighted by Gasteiger charge is 2.15. The van der Waals surface area contributed by atoms with E-state index in [2.05, 4.69) is 56.4 Å². The standard InChI is InChI=1S/C28H33N7O/c1-33(2)13-12-26(36)31-22-8-4-20(5-9-22)24-18-29-28-27(24)32-25(19-30-28)21-6-10-23(11-7-21)35-16-14-34(3)15-17-35/h4-11,18-19H,12-17H2,1-3H3,(H,29,30)(H,31,36). The number of carbonyl (C=O) groups excluding carboxylic acids is 1. The van der Waals surface area contributed by atoms with E-state index in [1.54, 1.807) is 0 Å². The zero-order valence-corrected chi connectivity index (χ0v) is 21.2. The van der Waals surface area contributed by atoms with Gasteiger partial charge in [-0.15, -0.1) is 0 Å². The Bertz CT molecular complexity index is 1320. The van der Waals surface area contributed by atoms with E-state index < -0.39 is 0 Å². The molecule has 0 bridgehead atoms. The van der Waals surface area contributed by atoms with Gasteiger partial charge in [-0.3, -0.25) is 4.79 Å². The minimum Gasteiger partial charge on any atom is -0.369 e. The lowest BCUT2D eigenvalue weighted by molar-refractivity contribution is -0.116. The summed E-state index contributed by atoms with van der Waals surface area (Å²) in [5.74, 6) is 0.0118. The summed E-state index contributed by atoms with van der Waals surface area (Å²) in [7, 11) is 6.09. The molecule has 0 radical (unpaired) electrons. The van der Waals surface area contributed by atoms with Crippen molar-refractivity contribution in [2.24, 2.45) is 0 Å². The summed E-state index contributed by atoms with van der Waals surface area (Å²) < 4.78 is 0. The van der Waals surface area contributed by atoms with Gasteiger partial charge < -0.3 is 25.0 Å². The minimum atomic E-state index is 0.0118. The van der Waals surface area contributed by atoms with Gasteiger partial charge in [0.05, 0.1) is 11.9 Å². The summed E-state index contributed by atoms with van der Waals surface area (Å²) in [4.78, 5) is 31.7. The Labute approximate surface area is 212 Å². The average Bonchev–Trinajstić information content (AvgIpc) is 3.32. The van der Waals surface area contributed by atoms with E-state index >= 15 is 0 Å². The molecule has 4 aromatic rings. The molecule has 0 saturated carbocycles. The van der Waals surface area contributed by atoms with Gasteiger partial charge in [0.25, 0.3) is 0 Å². The van der Waals surface area contributed by atoms with E-state index in [0.717, 1.165) is 72.0 Å². The van der Waals surface area contributed by atoms with Crippen LogP contribution in [0.1, 0.15) is 6.42 Å². The Morgan fingerprint density at radius 1 is 1.00 bits per heavy atom. The molecule has 2 aromatic carbocycles. The number of fused-ring (bicyclic) bond motifs is 1. The van der Waals surface area contributed by atoms with Gasteiger partial charge in [0, 0.05) is 67.8 Å². The van der Waals surface area contributed by atoms with Crippen LogP contribution >= 0.6 is 0 Å². The number of likely N-dealkylation sites (N-methyl/N-ethyl adjacent to an activating group) is 1. The van der Waals surface area contributed by atoms with Crippen LogP contribution in [0, 0.1) is 0 Å². The van der Waals surface area contributed by atoms with E-state index in [1.165, 1.54) is 5.69 Å². The zero-order chi connectivity index (χ0) is 25.1. The molecule has 0 aliphatic carbocycles. The number of carbonyl (C=O) groups is 1. The lowest BCUT2D eigenvalue weighted by atomic mass is 10.1. The monoisotopic (exact) mass is 483 g/mol. The minimum absolute atomic E-state index is 0.0118. The Morgan fingerprint density at radius 3 is 2.39 bits per heavy atom. The number of rotatable bonds is 7. The number of nitrogens with one attached hydrogen (secondary N) is 2. The molecule has 3 heterocycles. The van der Waals surface area contributed by atoms with E-state index in [0.29, 0.717) is 6.42 Å². The van der Waals surface area contributed by atoms with Crippen LogP contribution in [0.2, 0.25) is 0 Å². The fraction of sp³-hybridized carbons (Fsp3) is 0.321. The second kappa shape index (κ2) is 10.5. The van der Waals surface area contributed by atoms with Gasteiger partial charge in [0.15, 0.2) is 5.65 Å². The molecule has 8 nitrogen and oxygen atoms in total. The average molecular weight is 484 g/mol. The number of aromatic nitrogens is 3. The Morgan fingerprint density at radius 2 is 1.69 bits per heavy atom. The number of piperazine rings is 1. The highest BCUT2D eigenvalue weighted by atomic mass is 16.1. The van der Waals surface area contributed by atoms with Crippen molar-refractivity contribution in [2.45, 2.75) is 6.42 Å². The van der Waals surface area contributed by atoms with Crippen LogP contribution in [-0.2, 0) is 4.79 Å². The second-order valence-electron chi connectivity index (χ2n) is 9.67. The molecule has 1 aliphatic heterocycles. The summed E-state index contributed by atoms with van der Waals surface area (Å²) in [6, 6.07) is 16.5. The van der Waals surface area contributed by atoms with Crippen molar-refractivity contribution in [3.63, 3.8) is 0 Å². The molecule has 36 heavy (non-hydrogen) atoms. The van der Waals surface area contributed by atoms with Gasteiger partial charge in [0.1, 0.15) is 5.52 Å². The highest BCUT2D eigenvalue weighted by Crippen LogP contribution is 2.30. The van der Waals surface area contributed by atoms with E-state index in [4.69, 9.17) is 4.98 Å². The van der Waals surface area contributed by atoms with Gasteiger partial charge in [-0.25, -0.2) is 9.97 Å². The molecule has 186 valence electrons. The number of aromatic amines is 1. The van der Waals surface area contributed by atoms with Gasteiger partial charge in [-0.2, -0.15) is 0 Å². The van der Waals surface area contributed by atoms with Crippen molar-refractivity contribution in [3.8, 4) is 22.4 Å². The lowest BCUT2D eigenvalue weighted by Gasteiger charge is -2.34. The van der Waals surface area contributed by atoms with Crippen LogP contribution in [-0.4, -0.2) is 84.5 Å². The molecule has 1 fully saturated rings. The predicted molar refractivity (Wildman–Crippen MR) is 146 cm³/mol. The summed E-state index contributed by atoms with van der Waals surface area (Å²) >= 11 is 0. The first-order valence-corrected chi connectivity index (χ1v) is 12.4. The van der Waals surface area contributed by atoms with Crippen molar-refractivity contribution in [2.75, 3.05) is 64.1 Å². The van der Waals surface area contributed by atoms with Crippen molar-refractivity contribution in [1.82, 2.24) is 24.8 Å². The molecule has 0 spiro atoms. The molecular formula is C28H33N7O. The van der Waals surface area contributed by atoms with Crippen LogP contribution < -0.4 is 10.2 Å². The molecule has 8 heteroatoms. The third kappa shape index (κ3) is 5.40. The maximum atomic E-state index is 12.1. The molecule has 1 saturated heterocycles. The molecule has 2 N–H and O–H groups in total. The first kappa shape index (κ1) is 24.0. The zero-order valence-electron chi connectivity index (χ0n) is 21.2. The summed E-state index contributed by atoms with van der Waals surface area (Å²) in [6.07, 6.45) is 4.22. The summed E-state index contributed by atoms with van der Waals surface area (Å²) in [6.45, 7) is 4.99. The van der Waals surface area contributed by atoms with Crippen LogP contribution in [0.3, 0.4) is 0 Å². The maximum Gasteiger partial charge on any atom is 0.225 e.